The number of anilines is 3. The van der Waals surface area contributed by atoms with E-state index in [1.54, 1.807) is 18.2 Å². The van der Waals surface area contributed by atoms with Gasteiger partial charge in [0.05, 0.1) is 33.7 Å². The van der Waals surface area contributed by atoms with Crippen molar-refractivity contribution in [3.8, 4) is 6.07 Å². The molecular formula is C13H11ClN4O2S. The minimum Gasteiger partial charge on any atom is -0.396 e. The third-order valence-electron chi connectivity index (χ3n) is 2.74. The number of para-hydroxylation sites is 1. The fraction of sp³-hybridized carbons (Fsp3) is 0. The first kappa shape index (κ1) is 15.1. The maximum absolute atomic E-state index is 11.4. The number of nitrogens with one attached hydrogen (secondary N) is 1. The molecule has 0 atom stereocenters. The molecule has 0 aliphatic carbocycles. The summed E-state index contributed by atoms with van der Waals surface area (Å²) in [6.45, 7) is 0. The van der Waals surface area contributed by atoms with E-state index in [1.165, 1.54) is 18.2 Å². The number of nitrogen functional groups attached to an aromatic ring is 1. The van der Waals surface area contributed by atoms with Gasteiger partial charge in [-0.15, -0.1) is 0 Å². The maximum atomic E-state index is 11.4. The Morgan fingerprint density at radius 1 is 1.19 bits per heavy atom. The number of benzene rings is 2. The number of nitriles is 1. The van der Waals surface area contributed by atoms with Gasteiger partial charge in [-0.05, 0) is 30.3 Å². The van der Waals surface area contributed by atoms with Crippen molar-refractivity contribution in [1.29, 1.82) is 5.26 Å². The molecule has 0 saturated carbocycles. The van der Waals surface area contributed by atoms with Crippen molar-refractivity contribution in [2.24, 2.45) is 5.14 Å². The van der Waals surface area contributed by atoms with Crippen molar-refractivity contribution in [2.75, 3.05) is 11.1 Å². The highest BCUT2D eigenvalue weighted by Crippen LogP contribution is 2.32. The van der Waals surface area contributed by atoms with Crippen LogP contribution < -0.4 is 16.2 Å². The molecule has 6 nitrogen and oxygen atoms in total. The number of nitrogens with two attached hydrogens (primary N) is 2. The first-order chi connectivity index (χ1) is 9.82. The Morgan fingerprint density at radius 3 is 2.52 bits per heavy atom. The molecule has 5 N–H and O–H groups in total. The van der Waals surface area contributed by atoms with Gasteiger partial charge in [-0.3, -0.25) is 0 Å². The van der Waals surface area contributed by atoms with Gasteiger partial charge in [-0.2, -0.15) is 5.26 Å². The van der Waals surface area contributed by atoms with E-state index >= 15 is 0 Å². The van der Waals surface area contributed by atoms with E-state index in [0.717, 1.165) is 0 Å². The summed E-state index contributed by atoms with van der Waals surface area (Å²) in [5.74, 6) is 0. The second-order valence-corrected chi connectivity index (χ2v) is 6.13. The average molecular weight is 323 g/mol. The third kappa shape index (κ3) is 3.25. The largest absolute Gasteiger partial charge is 0.396 e. The number of hydrogen-bond acceptors (Lipinski definition) is 5. The minimum atomic E-state index is -3.92. The molecule has 8 heteroatoms. The normalized spacial score (nSPS) is 10.9. The Labute approximate surface area is 127 Å². The summed E-state index contributed by atoms with van der Waals surface area (Å²) < 4.78 is 22.9. The molecule has 2 aromatic carbocycles. The van der Waals surface area contributed by atoms with Crippen LogP contribution in [0.5, 0.6) is 0 Å². The van der Waals surface area contributed by atoms with Crippen molar-refractivity contribution in [2.45, 2.75) is 4.90 Å². The smallest absolute Gasteiger partial charge is 0.240 e. The summed E-state index contributed by atoms with van der Waals surface area (Å²) in [6.07, 6.45) is 0. The minimum absolute atomic E-state index is 0.0153. The second kappa shape index (κ2) is 5.61. The van der Waals surface area contributed by atoms with E-state index in [2.05, 4.69) is 5.32 Å². The van der Waals surface area contributed by atoms with Crippen LogP contribution in [0.2, 0.25) is 5.02 Å². The van der Waals surface area contributed by atoms with Gasteiger partial charge >= 0.3 is 0 Å². The molecule has 2 rings (SSSR count). The van der Waals surface area contributed by atoms with E-state index in [9.17, 15) is 8.42 Å². The van der Waals surface area contributed by atoms with Gasteiger partial charge in [0.25, 0.3) is 0 Å². The number of hydrogen-bond donors (Lipinski definition) is 3. The Hall–Kier alpha value is -2.27. The zero-order valence-corrected chi connectivity index (χ0v) is 12.2. The lowest BCUT2D eigenvalue weighted by molar-refractivity contribution is 0.598. The van der Waals surface area contributed by atoms with Crippen LogP contribution in [-0.4, -0.2) is 8.42 Å². The summed E-state index contributed by atoms with van der Waals surface area (Å²) in [5.41, 5.74) is 6.97. The van der Waals surface area contributed by atoms with Gasteiger partial charge in [0.15, 0.2) is 0 Å². The van der Waals surface area contributed by atoms with Crippen molar-refractivity contribution in [1.82, 2.24) is 0 Å². The van der Waals surface area contributed by atoms with Crippen molar-refractivity contribution < 1.29 is 8.42 Å². The van der Waals surface area contributed by atoms with E-state index < -0.39 is 10.0 Å². The molecule has 0 saturated heterocycles. The first-order valence-corrected chi connectivity index (χ1v) is 7.63. The van der Waals surface area contributed by atoms with Crippen LogP contribution in [0.25, 0.3) is 0 Å². The number of primary sulfonamides is 1. The quantitative estimate of drug-likeness (QED) is 0.747. The molecule has 0 unspecified atom stereocenters. The van der Waals surface area contributed by atoms with Crippen molar-refractivity contribution in [3.63, 3.8) is 0 Å². The van der Waals surface area contributed by atoms with Crippen LogP contribution in [0.3, 0.4) is 0 Å². The van der Waals surface area contributed by atoms with Crippen LogP contribution in [0.1, 0.15) is 5.56 Å². The van der Waals surface area contributed by atoms with E-state index in [0.29, 0.717) is 22.0 Å². The van der Waals surface area contributed by atoms with E-state index in [4.69, 9.17) is 27.7 Å². The maximum Gasteiger partial charge on any atom is 0.240 e. The Kier molecular flexibility index (Phi) is 4.04. The highest BCUT2D eigenvalue weighted by atomic mass is 35.5. The lowest BCUT2D eigenvalue weighted by Crippen LogP contribution is -2.15. The van der Waals surface area contributed by atoms with Gasteiger partial charge in [-0.1, -0.05) is 17.7 Å². The molecule has 0 spiro atoms. The van der Waals surface area contributed by atoms with Crippen LogP contribution in [-0.2, 0) is 10.0 Å². The fourth-order valence-electron chi connectivity index (χ4n) is 1.74. The lowest BCUT2D eigenvalue weighted by Gasteiger charge is -2.13. The molecule has 0 radical (unpaired) electrons. The first-order valence-electron chi connectivity index (χ1n) is 5.71. The third-order valence-corrected chi connectivity index (χ3v) is 4.04. The topological polar surface area (TPSA) is 122 Å². The Balaban J connectivity index is 2.49. The molecule has 0 aliphatic rings. The molecule has 21 heavy (non-hydrogen) atoms. The Morgan fingerprint density at radius 2 is 1.90 bits per heavy atom. The number of halogens is 1. The van der Waals surface area contributed by atoms with Crippen molar-refractivity contribution >= 4 is 38.7 Å². The summed E-state index contributed by atoms with van der Waals surface area (Å²) >= 11 is 6.03. The van der Waals surface area contributed by atoms with Gasteiger partial charge in [0.1, 0.15) is 4.90 Å². The summed E-state index contributed by atoms with van der Waals surface area (Å²) in [6, 6.07) is 11.0. The van der Waals surface area contributed by atoms with E-state index in [1.807, 2.05) is 6.07 Å². The lowest BCUT2D eigenvalue weighted by atomic mass is 10.2. The molecule has 0 heterocycles. The Bertz CT molecular complexity index is 844. The summed E-state index contributed by atoms with van der Waals surface area (Å²) in [7, 11) is -3.92. The van der Waals surface area contributed by atoms with Crippen LogP contribution in [0.15, 0.2) is 41.3 Å². The van der Waals surface area contributed by atoms with Crippen molar-refractivity contribution in [3.05, 3.63) is 47.0 Å². The highest BCUT2D eigenvalue weighted by Gasteiger charge is 2.15. The molecule has 0 bridgehead atoms. The summed E-state index contributed by atoms with van der Waals surface area (Å²) in [4.78, 5) is -0.180. The molecule has 108 valence electrons. The number of nitrogens with zero attached hydrogens (tertiary/aromatic N) is 1. The standard InChI is InChI=1S/C13H11ClN4O2S/c14-9-5-4-8(7-15)6-11(9)18-10-2-1-3-12(13(10)16)21(17,19)20/h1-6,18H,16H2,(H2,17,19,20). The SMILES string of the molecule is N#Cc1ccc(Cl)c(Nc2cccc(S(N)(=O)=O)c2N)c1. The molecule has 0 aliphatic heterocycles. The summed E-state index contributed by atoms with van der Waals surface area (Å²) in [5, 5.41) is 17.2. The molecule has 0 amide bonds. The van der Waals surface area contributed by atoms with Crippen LogP contribution >= 0.6 is 11.6 Å². The monoisotopic (exact) mass is 322 g/mol. The zero-order chi connectivity index (χ0) is 15.6. The molecule has 0 fully saturated rings. The molecule has 2 aromatic rings. The highest BCUT2D eigenvalue weighted by molar-refractivity contribution is 7.89. The van der Waals surface area contributed by atoms with Crippen LogP contribution in [0.4, 0.5) is 17.1 Å². The number of rotatable bonds is 3. The predicted octanol–water partition coefficient (Wildman–Crippen LogP) is 2.18. The fourth-order valence-corrected chi connectivity index (χ4v) is 2.59. The second-order valence-electron chi connectivity index (χ2n) is 4.19. The number of sulfonamides is 1. The van der Waals surface area contributed by atoms with Gasteiger partial charge < -0.3 is 11.1 Å². The van der Waals surface area contributed by atoms with Gasteiger partial charge in [-0.25, -0.2) is 13.6 Å². The average Bonchev–Trinajstić information content (AvgIpc) is 2.42. The van der Waals surface area contributed by atoms with Gasteiger partial charge in [0, 0.05) is 0 Å². The zero-order valence-electron chi connectivity index (χ0n) is 10.7. The predicted molar refractivity (Wildman–Crippen MR) is 81.7 cm³/mol. The molecule has 0 aromatic heterocycles. The van der Waals surface area contributed by atoms with E-state index in [-0.39, 0.29) is 10.6 Å². The van der Waals surface area contributed by atoms with Crippen LogP contribution in [0, 0.1) is 11.3 Å². The molecular weight excluding hydrogens is 312 g/mol. The van der Waals surface area contributed by atoms with Gasteiger partial charge in [0.2, 0.25) is 10.0 Å².